The summed E-state index contributed by atoms with van der Waals surface area (Å²) < 4.78 is 4.91. The normalized spacial score (nSPS) is 9.95. The van der Waals surface area contributed by atoms with Crippen LogP contribution in [0, 0.1) is 10.1 Å². The molecule has 0 spiro atoms. The largest absolute Gasteiger partial charge is 0.504 e. The van der Waals surface area contributed by atoms with Crippen molar-refractivity contribution in [2.45, 2.75) is 0 Å². The van der Waals surface area contributed by atoms with Gasteiger partial charge in [0.05, 0.1) is 12.0 Å². The molecule has 7 heteroatoms. The number of phenols is 1. The van der Waals surface area contributed by atoms with E-state index in [1.54, 1.807) is 6.07 Å². The van der Waals surface area contributed by atoms with Gasteiger partial charge >= 0.3 is 0 Å². The lowest BCUT2D eigenvalue weighted by Gasteiger charge is -2.08. The van der Waals surface area contributed by atoms with E-state index in [1.807, 2.05) is 0 Å². The van der Waals surface area contributed by atoms with Crippen molar-refractivity contribution in [3.63, 3.8) is 0 Å². The number of aromatic hydroxyl groups is 1. The molecule has 2 rings (SSSR count). The average Bonchev–Trinajstić information content (AvgIpc) is 2.48. The third-order valence-corrected chi connectivity index (χ3v) is 2.79. The van der Waals surface area contributed by atoms with Crippen LogP contribution in [0.5, 0.6) is 11.5 Å². The molecule has 0 saturated heterocycles. The number of amides is 1. The number of rotatable bonds is 4. The zero-order valence-electron chi connectivity index (χ0n) is 11.1. The number of nitro benzene ring substituents is 1. The first kappa shape index (κ1) is 14.3. The second-order valence-electron chi connectivity index (χ2n) is 4.12. The zero-order chi connectivity index (χ0) is 15.4. The monoisotopic (exact) mass is 288 g/mol. The van der Waals surface area contributed by atoms with E-state index in [4.69, 9.17) is 4.74 Å². The lowest BCUT2D eigenvalue weighted by Crippen LogP contribution is -2.13. The van der Waals surface area contributed by atoms with Crippen molar-refractivity contribution in [3.05, 3.63) is 58.1 Å². The molecule has 2 aromatic carbocycles. The topological polar surface area (TPSA) is 102 Å². The number of hydrogen-bond donors (Lipinski definition) is 2. The van der Waals surface area contributed by atoms with Gasteiger partial charge in [-0.05, 0) is 24.3 Å². The summed E-state index contributed by atoms with van der Waals surface area (Å²) in [6, 6.07) is 9.88. The highest BCUT2D eigenvalue weighted by Gasteiger charge is 2.16. The van der Waals surface area contributed by atoms with Gasteiger partial charge in [-0.1, -0.05) is 12.1 Å². The highest BCUT2D eigenvalue weighted by atomic mass is 16.6. The number of hydrogen-bond acceptors (Lipinski definition) is 5. The number of carbonyl (C=O) groups is 1. The van der Waals surface area contributed by atoms with Crippen molar-refractivity contribution >= 4 is 17.3 Å². The standard InChI is InChI=1S/C14H12N2O5/c1-21-13-8-9(6-7-12(13)17)14(18)15-10-4-2-3-5-11(10)16(19)20/h2-8,17H,1H3,(H,15,18). The summed E-state index contributed by atoms with van der Waals surface area (Å²) in [5.74, 6) is -0.493. The molecule has 0 aliphatic heterocycles. The Hall–Kier alpha value is -3.09. The molecule has 0 aromatic heterocycles. The van der Waals surface area contributed by atoms with E-state index in [-0.39, 0.29) is 28.4 Å². The molecule has 21 heavy (non-hydrogen) atoms. The summed E-state index contributed by atoms with van der Waals surface area (Å²) in [6.45, 7) is 0. The van der Waals surface area contributed by atoms with Crippen LogP contribution in [0.1, 0.15) is 10.4 Å². The molecule has 0 fully saturated rings. The number of nitrogens with one attached hydrogen (secondary N) is 1. The molecule has 2 N–H and O–H groups in total. The fourth-order valence-electron chi connectivity index (χ4n) is 1.75. The van der Waals surface area contributed by atoms with Crippen molar-refractivity contribution in [1.29, 1.82) is 0 Å². The summed E-state index contributed by atoms with van der Waals surface area (Å²) in [5.41, 5.74) is 0.110. The molecule has 0 bridgehead atoms. The third-order valence-electron chi connectivity index (χ3n) is 2.79. The van der Waals surface area contributed by atoms with Gasteiger partial charge in [-0.2, -0.15) is 0 Å². The Morgan fingerprint density at radius 2 is 2.00 bits per heavy atom. The number of methoxy groups -OCH3 is 1. The molecular weight excluding hydrogens is 276 g/mol. The molecule has 0 saturated carbocycles. The first-order valence-electron chi connectivity index (χ1n) is 5.94. The maximum atomic E-state index is 12.1. The second-order valence-corrected chi connectivity index (χ2v) is 4.12. The van der Waals surface area contributed by atoms with Crippen molar-refractivity contribution in [2.24, 2.45) is 0 Å². The second kappa shape index (κ2) is 5.91. The minimum Gasteiger partial charge on any atom is -0.504 e. The third kappa shape index (κ3) is 3.08. The van der Waals surface area contributed by atoms with Gasteiger partial charge in [0.1, 0.15) is 5.69 Å². The van der Waals surface area contributed by atoms with Crippen molar-refractivity contribution in [2.75, 3.05) is 12.4 Å². The van der Waals surface area contributed by atoms with Crippen LogP contribution in [0.15, 0.2) is 42.5 Å². The molecule has 0 aliphatic rings. The number of benzene rings is 2. The Morgan fingerprint density at radius 3 is 2.67 bits per heavy atom. The maximum Gasteiger partial charge on any atom is 0.292 e. The van der Waals surface area contributed by atoms with Crippen molar-refractivity contribution < 1.29 is 19.6 Å². The Kier molecular flexibility index (Phi) is 4.03. The summed E-state index contributed by atoms with van der Waals surface area (Å²) in [7, 11) is 1.36. The first-order chi connectivity index (χ1) is 10.0. The first-order valence-corrected chi connectivity index (χ1v) is 5.94. The van der Waals surface area contributed by atoms with Crippen LogP contribution >= 0.6 is 0 Å². The summed E-state index contributed by atoms with van der Waals surface area (Å²) in [6.07, 6.45) is 0. The molecule has 2 aromatic rings. The van der Waals surface area contributed by atoms with Gasteiger partial charge < -0.3 is 15.2 Å². The van der Waals surface area contributed by atoms with Crippen LogP contribution in [0.25, 0.3) is 0 Å². The predicted octanol–water partition coefficient (Wildman–Crippen LogP) is 2.56. The van der Waals surface area contributed by atoms with E-state index < -0.39 is 10.8 Å². The highest BCUT2D eigenvalue weighted by Crippen LogP contribution is 2.28. The van der Waals surface area contributed by atoms with Crippen molar-refractivity contribution in [3.8, 4) is 11.5 Å². The number of nitro groups is 1. The molecule has 0 unspecified atom stereocenters. The molecule has 0 heterocycles. The summed E-state index contributed by atoms with van der Waals surface area (Å²) in [5, 5.41) is 22.8. The number of para-hydroxylation sites is 2. The van der Waals surface area contributed by atoms with Crippen LogP contribution in [0.3, 0.4) is 0 Å². The number of phenolic OH excluding ortho intramolecular Hbond substituents is 1. The lowest BCUT2D eigenvalue weighted by molar-refractivity contribution is -0.383. The van der Waals surface area contributed by atoms with Gasteiger partial charge in [0.2, 0.25) is 0 Å². The molecule has 0 radical (unpaired) electrons. The quantitative estimate of drug-likeness (QED) is 0.665. The fraction of sp³-hybridized carbons (Fsp3) is 0.0714. The predicted molar refractivity (Wildman–Crippen MR) is 75.7 cm³/mol. The highest BCUT2D eigenvalue weighted by molar-refractivity contribution is 6.05. The Labute approximate surface area is 119 Å². The number of nitrogens with zero attached hydrogens (tertiary/aromatic N) is 1. The summed E-state index contributed by atoms with van der Waals surface area (Å²) >= 11 is 0. The van der Waals surface area contributed by atoms with E-state index in [2.05, 4.69) is 5.32 Å². The van der Waals surface area contributed by atoms with Gasteiger partial charge in [-0.15, -0.1) is 0 Å². The SMILES string of the molecule is COc1cc(C(=O)Nc2ccccc2[N+](=O)[O-])ccc1O. The molecule has 0 atom stereocenters. The smallest absolute Gasteiger partial charge is 0.292 e. The van der Waals surface area contributed by atoms with Crippen molar-refractivity contribution in [1.82, 2.24) is 0 Å². The summed E-state index contributed by atoms with van der Waals surface area (Å²) in [4.78, 5) is 22.4. The zero-order valence-corrected chi connectivity index (χ0v) is 11.1. The molecule has 0 aliphatic carbocycles. The van der Waals surface area contributed by atoms with E-state index in [9.17, 15) is 20.0 Å². The maximum absolute atomic E-state index is 12.1. The molecular formula is C14H12N2O5. The van der Waals surface area contributed by atoms with Gasteiger partial charge in [-0.25, -0.2) is 0 Å². The van der Waals surface area contributed by atoms with Crippen LogP contribution in [0.2, 0.25) is 0 Å². The minimum atomic E-state index is -0.576. The van der Waals surface area contributed by atoms with Gasteiger partial charge in [0.25, 0.3) is 11.6 Å². The number of ether oxygens (including phenoxy) is 1. The van der Waals surface area contributed by atoms with Crippen LogP contribution < -0.4 is 10.1 Å². The van der Waals surface area contributed by atoms with Crippen LogP contribution in [-0.2, 0) is 0 Å². The van der Waals surface area contributed by atoms with Gasteiger partial charge in [-0.3, -0.25) is 14.9 Å². The number of carbonyl (C=O) groups excluding carboxylic acids is 1. The Balaban J connectivity index is 2.28. The molecule has 7 nitrogen and oxygen atoms in total. The molecule has 1 amide bonds. The van der Waals surface area contributed by atoms with Crippen LogP contribution in [0.4, 0.5) is 11.4 Å². The minimum absolute atomic E-state index is 0.0968. The van der Waals surface area contributed by atoms with Gasteiger partial charge in [0.15, 0.2) is 11.5 Å². The Morgan fingerprint density at radius 1 is 1.29 bits per heavy atom. The van der Waals surface area contributed by atoms with Gasteiger partial charge in [0, 0.05) is 11.6 Å². The average molecular weight is 288 g/mol. The van der Waals surface area contributed by atoms with E-state index in [0.29, 0.717) is 0 Å². The lowest BCUT2D eigenvalue weighted by atomic mass is 10.1. The van der Waals surface area contributed by atoms with E-state index >= 15 is 0 Å². The van der Waals surface area contributed by atoms with Crippen LogP contribution in [-0.4, -0.2) is 23.0 Å². The van der Waals surface area contributed by atoms with E-state index in [0.717, 1.165) is 0 Å². The Bertz CT molecular complexity index is 700. The fourth-order valence-corrected chi connectivity index (χ4v) is 1.75. The molecule has 108 valence electrons. The van der Waals surface area contributed by atoms with E-state index in [1.165, 1.54) is 43.5 Å². The number of anilines is 1.